The molecule has 2 heterocycles. The fourth-order valence-corrected chi connectivity index (χ4v) is 6.21. The number of rotatable bonds is 5. The number of fused-ring (bicyclic) bond motifs is 1. The van der Waals surface area contributed by atoms with E-state index in [1.54, 1.807) is 12.0 Å². The van der Waals surface area contributed by atoms with Crippen molar-refractivity contribution in [2.45, 2.75) is 18.5 Å². The summed E-state index contributed by atoms with van der Waals surface area (Å²) in [5.74, 6) is 0.874. The van der Waals surface area contributed by atoms with Gasteiger partial charge in [-0.1, -0.05) is 30.3 Å². The molecule has 148 valence electrons. The van der Waals surface area contributed by atoms with Crippen LogP contribution in [-0.2, 0) is 21.1 Å². The molecular weight excluding hydrogens is 376 g/mol. The molecule has 0 N–H and O–H groups in total. The van der Waals surface area contributed by atoms with Gasteiger partial charge in [-0.2, -0.15) is 0 Å². The van der Waals surface area contributed by atoms with Gasteiger partial charge in [-0.25, -0.2) is 8.42 Å². The molecule has 0 spiro atoms. The average Bonchev–Trinajstić information content (AvgIpc) is 3.01. The van der Waals surface area contributed by atoms with Crippen LogP contribution >= 0.6 is 0 Å². The van der Waals surface area contributed by atoms with E-state index >= 15 is 0 Å². The van der Waals surface area contributed by atoms with Crippen molar-refractivity contribution in [1.29, 1.82) is 0 Å². The number of hydrogen-bond donors (Lipinski definition) is 0. The maximum Gasteiger partial charge on any atom is 0.241 e. The van der Waals surface area contributed by atoms with Crippen LogP contribution in [0.1, 0.15) is 5.56 Å². The number of para-hydroxylation sites is 1. The van der Waals surface area contributed by atoms with E-state index in [9.17, 15) is 13.2 Å². The first kappa shape index (κ1) is 19.0. The molecule has 4 rings (SSSR count). The van der Waals surface area contributed by atoms with E-state index in [0.29, 0.717) is 6.54 Å². The lowest BCUT2D eigenvalue weighted by atomic mass is 10.0. The Morgan fingerprint density at radius 2 is 1.79 bits per heavy atom. The molecule has 1 amide bonds. The molecule has 2 aliphatic heterocycles. The third-order valence-electron chi connectivity index (χ3n) is 5.56. The number of hydrogen-bond acceptors (Lipinski definition) is 5. The number of benzene rings is 2. The molecule has 2 atom stereocenters. The summed E-state index contributed by atoms with van der Waals surface area (Å²) in [6, 6.07) is 16.7. The molecular formula is C21H24N2O4S. The SMILES string of the molecule is COc1cccc(CCN2CC(=O)N(c3ccccc3)[C@@H]3CS(=O)(=O)C[C@H]32)c1. The van der Waals surface area contributed by atoms with Crippen molar-refractivity contribution < 1.29 is 17.9 Å². The largest absolute Gasteiger partial charge is 0.497 e. The molecule has 2 saturated heterocycles. The average molecular weight is 401 g/mol. The molecule has 0 saturated carbocycles. The normalized spacial score (nSPS) is 24.2. The minimum atomic E-state index is -3.18. The van der Waals surface area contributed by atoms with Gasteiger partial charge in [0, 0.05) is 18.3 Å². The van der Waals surface area contributed by atoms with E-state index in [2.05, 4.69) is 0 Å². The first-order chi connectivity index (χ1) is 13.5. The van der Waals surface area contributed by atoms with E-state index in [4.69, 9.17) is 4.74 Å². The van der Waals surface area contributed by atoms with Gasteiger partial charge < -0.3 is 9.64 Å². The van der Waals surface area contributed by atoms with Crippen molar-refractivity contribution in [2.75, 3.05) is 36.6 Å². The zero-order valence-electron chi connectivity index (χ0n) is 15.8. The lowest BCUT2D eigenvalue weighted by Gasteiger charge is -2.43. The van der Waals surface area contributed by atoms with Crippen LogP contribution in [0.5, 0.6) is 5.75 Å². The zero-order chi connectivity index (χ0) is 19.7. The molecule has 2 aromatic carbocycles. The Balaban J connectivity index is 1.56. The van der Waals surface area contributed by atoms with E-state index in [1.807, 2.05) is 59.5 Å². The molecule has 0 unspecified atom stereocenters. The highest BCUT2D eigenvalue weighted by Crippen LogP contribution is 2.31. The Morgan fingerprint density at radius 1 is 1.04 bits per heavy atom. The van der Waals surface area contributed by atoms with Crippen molar-refractivity contribution in [1.82, 2.24) is 4.90 Å². The number of nitrogens with zero attached hydrogens (tertiary/aromatic N) is 2. The molecule has 2 aromatic rings. The van der Waals surface area contributed by atoms with Gasteiger partial charge in [0.2, 0.25) is 5.91 Å². The number of sulfone groups is 1. The van der Waals surface area contributed by atoms with Crippen molar-refractivity contribution >= 4 is 21.4 Å². The third-order valence-corrected chi connectivity index (χ3v) is 7.26. The van der Waals surface area contributed by atoms with E-state index in [1.165, 1.54) is 0 Å². The van der Waals surface area contributed by atoms with E-state index in [0.717, 1.165) is 23.4 Å². The highest BCUT2D eigenvalue weighted by molar-refractivity contribution is 7.91. The lowest BCUT2D eigenvalue weighted by molar-refractivity contribution is -0.123. The molecule has 0 aromatic heterocycles. The Bertz CT molecular complexity index is 961. The monoisotopic (exact) mass is 400 g/mol. The number of piperazine rings is 1. The summed E-state index contributed by atoms with van der Waals surface area (Å²) >= 11 is 0. The van der Waals surface area contributed by atoms with Crippen LogP contribution in [0.2, 0.25) is 0 Å². The van der Waals surface area contributed by atoms with Crippen LogP contribution in [-0.4, -0.2) is 63.0 Å². The molecule has 28 heavy (non-hydrogen) atoms. The number of carbonyl (C=O) groups excluding carboxylic acids is 1. The summed E-state index contributed by atoms with van der Waals surface area (Å²) in [7, 11) is -1.54. The first-order valence-electron chi connectivity index (χ1n) is 9.41. The van der Waals surface area contributed by atoms with Crippen molar-refractivity contribution in [3.63, 3.8) is 0 Å². The second-order valence-corrected chi connectivity index (χ2v) is 9.54. The fourth-order valence-electron chi connectivity index (χ4n) is 4.23. The maximum atomic E-state index is 12.9. The highest BCUT2D eigenvalue weighted by Gasteiger charge is 2.49. The predicted octanol–water partition coefficient (Wildman–Crippen LogP) is 1.75. The summed E-state index contributed by atoms with van der Waals surface area (Å²) in [5, 5.41) is 0. The predicted molar refractivity (Wildman–Crippen MR) is 108 cm³/mol. The molecule has 0 radical (unpaired) electrons. The van der Waals surface area contributed by atoms with Gasteiger partial charge in [-0.05, 0) is 36.2 Å². The number of amides is 1. The van der Waals surface area contributed by atoms with Gasteiger partial charge in [-0.15, -0.1) is 0 Å². The smallest absolute Gasteiger partial charge is 0.241 e. The maximum absolute atomic E-state index is 12.9. The van der Waals surface area contributed by atoms with E-state index in [-0.39, 0.29) is 36.0 Å². The molecule has 0 aliphatic carbocycles. The first-order valence-corrected chi connectivity index (χ1v) is 11.2. The van der Waals surface area contributed by atoms with Crippen molar-refractivity contribution in [2.24, 2.45) is 0 Å². The van der Waals surface area contributed by atoms with Crippen LogP contribution < -0.4 is 9.64 Å². The Morgan fingerprint density at radius 3 is 2.54 bits per heavy atom. The Kier molecular flexibility index (Phi) is 5.12. The molecule has 2 fully saturated rings. The number of anilines is 1. The van der Waals surface area contributed by atoms with Gasteiger partial charge in [0.1, 0.15) is 5.75 Å². The zero-order valence-corrected chi connectivity index (χ0v) is 16.6. The summed E-state index contributed by atoms with van der Waals surface area (Å²) < 4.78 is 30.1. The second-order valence-electron chi connectivity index (χ2n) is 7.38. The minimum absolute atomic E-state index is 0.0218. The number of methoxy groups -OCH3 is 1. The van der Waals surface area contributed by atoms with Crippen LogP contribution in [0.25, 0.3) is 0 Å². The molecule has 0 bridgehead atoms. The van der Waals surface area contributed by atoms with Crippen LogP contribution in [0.4, 0.5) is 5.69 Å². The molecule has 2 aliphatic rings. The van der Waals surface area contributed by atoms with E-state index < -0.39 is 9.84 Å². The van der Waals surface area contributed by atoms with Crippen molar-refractivity contribution in [3.05, 3.63) is 60.2 Å². The van der Waals surface area contributed by atoms with Crippen LogP contribution in [0.3, 0.4) is 0 Å². The van der Waals surface area contributed by atoms with Crippen LogP contribution in [0, 0.1) is 0 Å². The second kappa shape index (κ2) is 7.56. The fraction of sp³-hybridized carbons (Fsp3) is 0.381. The topological polar surface area (TPSA) is 66.9 Å². The standard InChI is InChI=1S/C21H24N2O4S/c1-27-18-9-5-6-16(12-18)10-11-22-13-21(24)23(17-7-3-2-4-8-17)20-15-28(25,26)14-19(20)22/h2-9,12,19-20H,10-11,13-15H2,1H3/t19-,20-/m1/s1. The van der Waals surface area contributed by atoms with Gasteiger partial charge >= 0.3 is 0 Å². The third kappa shape index (κ3) is 3.77. The number of carbonyl (C=O) groups is 1. The minimum Gasteiger partial charge on any atom is -0.497 e. The highest BCUT2D eigenvalue weighted by atomic mass is 32.2. The summed E-state index contributed by atoms with van der Waals surface area (Å²) in [5.41, 5.74) is 1.88. The Labute approximate surface area is 165 Å². The number of ether oxygens (including phenoxy) is 1. The van der Waals surface area contributed by atoms with Gasteiger partial charge in [0.25, 0.3) is 0 Å². The van der Waals surface area contributed by atoms with Crippen LogP contribution in [0.15, 0.2) is 54.6 Å². The van der Waals surface area contributed by atoms with Gasteiger partial charge in [0.05, 0.1) is 31.2 Å². The molecule has 6 nitrogen and oxygen atoms in total. The summed E-state index contributed by atoms with van der Waals surface area (Å²) in [4.78, 5) is 16.7. The summed E-state index contributed by atoms with van der Waals surface area (Å²) in [6.45, 7) is 0.869. The van der Waals surface area contributed by atoms with Gasteiger partial charge in [-0.3, -0.25) is 9.69 Å². The lowest BCUT2D eigenvalue weighted by Crippen LogP contribution is -2.62. The summed E-state index contributed by atoms with van der Waals surface area (Å²) in [6.07, 6.45) is 0.735. The Hall–Kier alpha value is -2.38. The molecule has 7 heteroatoms. The van der Waals surface area contributed by atoms with Crippen molar-refractivity contribution in [3.8, 4) is 5.75 Å². The quantitative estimate of drug-likeness (QED) is 0.765. The van der Waals surface area contributed by atoms with Gasteiger partial charge in [0.15, 0.2) is 9.84 Å².